The molecule has 0 saturated heterocycles. The van der Waals surface area contributed by atoms with E-state index in [-0.39, 0.29) is 0 Å². The molecule has 17 heavy (non-hydrogen) atoms. The summed E-state index contributed by atoms with van der Waals surface area (Å²) in [6, 6.07) is 2.14. The van der Waals surface area contributed by atoms with E-state index in [9.17, 15) is 9.90 Å². The molecule has 0 radical (unpaired) electrons. The maximum Gasteiger partial charge on any atom is 0.352 e. The summed E-state index contributed by atoms with van der Waals surface area (Å²) >= 11 is 2.18. The molecular formula is C13H18INO2. The summed E-state index contributed by atoms with van der Waals surface area (Å²) in [5, 5.41) is 9.18. The summed E-state index contributed by atoms with van der Waals surface area (Å²) in [6.45, 7) is 2.24. The summed E-state index contributed by atoms with van der Waals surface area (Å²) in [7, 11) is 0. The van der Waals surface area contributed by atoms with Crippen LogP contribution in [0.15, 0.2) is 12.3 Å². The first-order valence-electron chi connectivity index (χ1n) is 6.22. The molecule has 1 saturated carbocycles. The van der Waals surface area contributed by atoms with Gasteiger partial charge in [0.2, 0.25) is 0 Å². The van der Waals surface area contributed by atoms with Gasteiger partial charge in [0.25, 0.3) is 0 Å². The summed E-state index contributed by atoms with van der Waals surface area (Å²) in [5.41, 5.74) is 0.439. The third kappa shape index (κ3) is 2.84. The summed E-state index contributed by atoms with van der Waals surface area (Å²) in [5.74, 6) is 0.0275. The highest BCUT2D eigenvalue weighted by atomic mass is 127. The van der Waals surface area contributed by atoms with Crippen molar-refractivity contribution in [3.8, 4) is 0 Å². The smallest absolute Gasteiger partial charge is 0.352 e. The topological polar surface area (TPSA) is 42.2 Å². The van der Waals surface area contributed by atoms with E-state index in [0.717, 1.165) is 22.3 Å². The fourth-order valence-electron chi connectivity index (χ4n) is 2.75. The lowest BCUT2D eigenvalue weighted by molar-refractivity contribution is 0.0680. The van der Waals surface area contributed by atoms with Gasteiger partial charge >= 0.3 is 5.97 Å². The average molecular weight is 347 g/mol. The Balaban J connectivity index is 2.15. The number of carboxylic acid groups (broad SMARTS) is 1. The molecule has 1 heterocycles. The van der Waals surface area contributed by atoms with Gasteiger partial charge in [-0.2, -0.15) is 0 Å². The molecule has 2 rings (SSSR count). The second kappa shape index (κ2) is 5.42. The monoisotopic (exact) mass is 347 g/mol. The van der Waals surface area contributed by atoms with Crippen molar-refractivity contribution < 1.29 is 9.90 Å². The molecular weight excluding hydrogens is 329 g/mol. The molecule has 1 fully saturated rings. The predicted octanol–water partition coefficient (Wildman–Crippen LogP) is 3.93. The molecule has 0 spiro atoms. The van der Waals surface area contributed by atoms with Gasteiger partial charge in [-0.3, -0.25) is 0 Å². The zero-order valence-corrected chi connectivity index (χ0v) is 12.2. The first-order valence-corrected chi connectivity index (χ1v) is 7.30. The first-order chi connectivity index (χ1) is 8.11. The van der Waals surface area contributed by atoms with Crippen LogP contribution < -0.4 is 0 Å². The van der Waals surface area contributed by atoms with Crippen LogP contribution >= 0.6 is 22.6 Å². The Labute approximate surface area is 115 Å². The van der Waals surface area contributed by atoms with Crippen molar-refractivity contribution in [2.45, 2.75) is 45.1 Å². The van der Waals surface area contributed by atoms with Crippen molar-refractivity contribution in [3.63, 3.8) is 0 Å². The van der Waals surface area contributed by atoms with E-state index in [1.54, 1.807) is 6.07 Å². The van der Waals surface area contributed by atoms with E-state index in [2.05, 4.69) is 29.5 Å². The highest BCUT2D eigenvalue weighted by molar-refractivity contribution is 14.1. The average Bonchev–Trinajstić information content (AvgIpc) is 2.72. The van der Waals surface area contributed by atoms with Gasteiger partial charge in [-0.15, -0.1) is 0 Å². The zero-order valence-electron chi connectivity index (χ0n) is 10.0. The summed E-state index contributed by atoms with van der Waals surface area (Å²) in [4.78, 5) is 11.2. The molecule has 0 unspecified atom stereocenters. The van der Waals surface area contributed by atoms with Crippen LogP contribution in [0.5, 0.6) is 0 Å². The van der Waals surface area contributed by atoms with Crippen LogP contribution in [-0.4, -0.2) is 15.6 Å². The first kappa shape index (κ1) is 12.9. The van der Waals surface area contributed by atoms with E-state index < -0.39 is 5.97 Å². The number of carboxylic acids is 1. The molecule has 4 heteroatoms. The fraction of sp³-hybridized carbons (Fsp3) is 0.615. The Morgan fingerprint density at radius 1 is 1.47 bits per heavy atom. The molecule has 0 aliphatic heterocycles. The van der Waals surface area contributed by atoms with Gasteiger partial charge in [-0.05, 0) is 60.3 Å². The highest BCUT2D eigenvalue weighted by Gasteiger charge is 2.24. The van der Waals surface area contributed by atoms with E-state index in [0.29, 0.717) is 11.7 Å². The third-order valence-corrected chi connectivity index (χ3v) is 4.41. The van der Waals surface area contributed by atoms with Gasteiger partial charge in [0.15, 0.2) is 0 Å². The van der Waals surface area contributed by atoms with Crippen molar-refractivity contribution in [3.05, 3.63) is 21.5 Å². The SMILES string of the molecule is CCC1CCC(n2cc(I)cc2C(=O)O)CC1. The third-order valence-electron chi connectivity index (χ3n) is 3.82. The van der Waals surface area contributed by atoms with Crippen molar-refractivity contribution in [1.82, 2.24) is 4.57 Å². The lowest BCUT2D eigenvalue weighted by atomic mass is 9.84. The molecule has 0 atom stereocenters. The minimum absolute atomic E-state index is 0.382. The van der Waals surface area contributed by atoms with Crippen molar-refractivity contribution in [1.29, 1.82) is 0 Å². The Morgan fingerprint density at radius 2 is 2.12 bits per heavy atom. The minimum Gasteiger partial charge on any atom is -0.477 e. The van der Waals surface area contributed by atoms with Crippen LogP contribution in [0.1, 0.15) is 55.6 Å². The maximum atomic E-state index is 11.2. The summed E-state index contributed by atoms with van der Waals surface area (Å²) < 4.78 is 2.98. The molecule has 1 aromatic heterocycles. The standard InChI is InChI=1S/C13H18INO2/c1-2-9-3-5-11(6-4-9)15-8-10(14)7-12(15)13(16)17/h7-9,11H,2-6H2,1H3,(H,16,17). The lowest BCUT2D eigenvalue weighted by Crippen LogP contribution is -2.20. The van der Waals surface area contributed by atoms with Gasteiger partial charge in [0.05, 0.1) is 0 Å². The number of rotatable bonds is 3. The maximum absolute atomic E-state index is 11.2. The zero-order chi connectivity index (χ0) is 12.4. The lowest BCUT2D eigenvalue weighted by Gasteiger charge is -2.29. The molecule has 94 valence electrons. The van der Waals surface area contributed by atoms with Crippen LogP contribution in [0.3, 0.4) is 0 Å². The van der Waals surface area contributed by atoms with Crippen molar-refractivity contribution in [2.75, 3.05) is 0 Å². The normalized spacial score (nSPS) is 24.8. The van der Waals surface area contributed by atoms with E-state index in [1.165, 1.54) is 19.3 Å². The number of hydrogen-bond donors (Lipinski definition) is 1. The van der Waals surface area contributed by atoms with Crippen LogP contribution in [0, 0.1) is 9.49 Å². The van der Waals surface area contributed by atoms with Crippen molar-refractivity contribution >= 4 is 28.6 Å². The van der Waals surface area contributed by atoms with Crippen LogP contribution in [0.2, 0.25) is 0 Å². The molecule has 1 aliphatic carbocycles. The Bertz CT molecular complexity index is 406. The molecule has 3 nitrogen and oxygen atoms in total. The molecule has 0 aromatic carbocycles. The predicted molar refractivity (Wildman–Crippen MR) is 75.4 cm³/mol. The Hall–Kier alpha value is -0.520. The summed E-state index contributed by atoms with van der Waals surface area (Å²) in [6.07, 6.45) is 7.92. The number of halogens is 1. The molecule has 1 aliphatic rings. The largest absolute Gasteiger partial charge is 0.477 e. The van der Waals surface area contributed by atoms with Gasteiger partial charge in [-0.1, -0.05) is 13.3 Å². The molecule has 1 N–H and O–H groups in total. The molecule has 1 aromatic rings. The molecule has 0 amide bonds. The van der Waals surface area contributed by atoms with Crippen LogP contribution in [-0.2, 0) is 0 Å². The quantitative estimate of drug-likeness (QED) is 0.842. The molecule has 0 bridgehead atoms. The van der Waals surface area contributed by atoms with Gasteiger partial charge < -0.3 is 9.67 Å². The number of hydrogen-bond acceptors (Lipinski definition) is 1. The number of aromatic carboxylic acids is 1. The van der Waals surface area contributed by atoms with E-state index in [4.69, 9.17) is 0 Å². The van der Waals surface area contributed by atoms with Gasteiger partial charge in [-0.25, -0.2) is 4.79 Å². The highest BCUT2D eigenvalue weighted by Crippen LogP contribution is 2.35. The Kier molecular flexibility index (Phi) is 4.12. The van der Waals surface area contributed by atoms with Crippen LogP contribution in [0.25, 0.3) is 0 Å². The van der Waals surface area contributed by atoms with Crippen molar-refractivity contribution in [2.24, 2.45) is 5.92 Å². The van der Waals surface area contributed by atoms with E-state index >= 15 is 0 Å². The number of carbonyl (C=O) groups is 1. The minimum atomic E-state index is -0.814. The Morgan fingerprint density at radius 3 is 2.65 bits per heavy atom. The van der Waals surface area contributed by atoms with Gasteiger partial charge in [0.1, 0.15) is 5.69 Å². The second-order valence-electron chi connectivity index (χ2n) is 4.84. The number of aromatic nitrogens is 1. The number of nitrogens with zero attached hydrogens (tertiary/aromatic N) is 1. The van der Waals surface area contributed by atoms with Gasteiger partial charge in [0, 0.05) is 15.8 Å². The second-order valence-corrected chi connectivity index (χ2v) is 6.08. The van der Waals surface area contributed by atoms with Crippen LogP contribution in [0.4, 0.5) is 0 Å². The fourth-order valence-corrected chi connectivity index (χ4v) is 3.35. The van der Waals surface area contributed by atoms with E-state index in [1.807, 2.05) is 10.8 Å².